The summed E-state index contributed by atoms with van der Waals surface area (Å²) in [6.07, 6.45) is 3.55. The highest BCUT2D eigenvalue weighted by atomic mass is 16.2. The number of rotatable bonds is 4. The zero-order valence-corrected chi connectivity index (χ0v) is 12.4. The zero-order valence-electron chi connectivity index (χ0n) is 12.4. The summed E-state index contributed by atoms with van der Waals surface area (Å²) in [7, 11) is 0. The summed E-state index contributed by atoms with van der Waals surface area (Å²) >= 11 is 0. The van der Waals surface area contributed by atoms with Crippen LogP contribution in [-0.4, -0.2) is 24.5 Å². The van der Waals surface area contributed by atoms with Crippen LogP contribution in [0.25, 0.3) is 0 Å². The lowest BCUT2D eigenvalue weighted by Gasteiger charge is -2.16. The first-order valence-electron chi connectivity index (χ1n) is 7.59. The van der Waals surface area contributed by atoms with Gasteiger partial charge in [0.05, 0.1) is 0 Å². The summed E-state index contributed by atoms with van der Waals surface area (Å²) in [5.41, 5.74) is 2.34. The SMILES string of the molecule is CCc1ccccc1CNC(=O)NC1CCCCNC1=O. The Kier molecular flexibility index (Phi) is 5.60. The van der Waals surface area contributed by atoms with Crippen molar-refractivity contribution < 1.29 is 9.59 Å². The molecule has 1 heterocycles. The Labute approximate surface area is 125 Å². The van der Waals surface area contributed by atoms with Crippen LogP contribution in [0.5, 0.6) is 0 Å². The second-order valence-electron chi connectivity index (χ2n) is 5.29. The quantitative estimate of drug-likeness (QED) is 0.790. The molecule has 0 radical (unpaired) electrons. The van der Waals surface area contributed by atoms with Gasteiger partial charge in [0.25, 0.3) is 0 Å². The second kappa shape index (κ2) is 7.67. The summed E-state index contributed by atoms with van der Waals surface area (Å²) in [6, 6.07) is 7.33. The molecule has 1 aromatic rings. The van der Waals surface area contributed by atoms with Gasteiger partial charge in [-0.25, -0.2) is 4.79 Å². The molecular weight excluding hydrogens is 266 g/mol. The highest BCUT2D eigenvalue weighted by Gasteiger charge is 2.22. The summed E-state index contributed by atoms with van der Waals surface area (Å²) in [6.45, 7) is 3.27. The van der Waals surface area contributed by atoms with Crippen molar-refractivity contribution in [2.75, 3.05) is 6.54 Å². The fourth-order valence-corrected chi connectivity index (χ4v) is 2.54. The average Bonchev–Trinajstić information content (AvgIpc) is 2.70. The van der Waals surface area contributed by atoms with E-state index in [0.717, 1.165) is 24.8 Å². The molecule has 1 atom stereocenters. The maximum atomic E-state index is 11.9. The van der Waals surface area contributed by atoms with Crippen molar-refractivity contribution in [1.29, 1.82) is 0 Å². The number of hydrogen-bond acceptors (Lipinski definition) is 2. The van der Waals surface area contributed by atoms with Gasteiger partial charge in [-0.3, -0.25) is 4.79 Å². The van der Waals surface area contributed by atoms with Crippen molar-refractivity contribution in [3.8, 4) is 0 Å². The van der Waals surface area contributed by atoms with Crippen molar-refractivity contribution in [2.45, 2.75) is 45.2 Å². The molecule has 1 aromatic carbocycles. The summed E-state index contributed by atoms with van der Waals surface area (Å²) in [4.78, 5) is 23.7. The third-order valence-electron chi connectivity index (χ3n) is 3.78. The van der Waals surface area contributed by atoms with Crippen LogP contribution in [0.15, 0.2) is 24.3 Å². The van der Waals surface area contributed by atoms with Crippen molar-refractivity contribution in [2.24, 2.45) is 0 Å². The van der Waals surface area contributed by atoms with Crippen molar-refractivity contribution in [1.82, 2.24) is 16.0 Å². The van der Waals surface area contributed by atoms with E-state index < -0.39 is 6.04 Å². The van der Waals surface area contributed by atoms with E-state index in [2.05, 4.69) is 28.9 Å². The Balaban J connectivity index is 1.85. The van der Waals surface area contributed by atoms with E-state index in [1.165, 1.54) is 5.56 Å². The molecule has 21 heavy (non-hydrogen) atoms. The molecule has 3 amide bonds. The molecule has 3 N–H and O–H groups in total. The topological polar surface area (TPSA) is 70.2 Å². The minimum Gasteiger partial charge on any atom is -0.354 e. The molecule has 1 aliphatic rings. The van der Waals surface area contributed by atoms with Gasteiger partial charge in [-0.05, 0) is 36.8 Å². The molecule has 1 aliphatic heterocycles. The van der Waals surface area contributed by atoms with Gasteiger partial charge >= 0.3 is 6.03 Å². The summed E-state index contributed by atoms with van der Waals surface area (Å²) in [5, 5.41) is 8.40. The van der Waals surface area contributed by atoms with Gasteiger partial charge in [-0.15, -0.1) is 0 Å². The molecule has 1 saturated heterocycles. The molecule has 1 unspecified atom stereocenters. The highest BCUT2D eigenvalue weighted by molar-refractivity contribution is 5.87. The van der Waals surface area contributed by atoms with E-state index >= 15 is 0 Å². The molecule has 0 aliphatic carbocycles. The van der Waals surface area contributed by atoms with E-state index in [0.29, 0.717) is 19.5 Å². The predicted octanol–water partition coefficient (Wildman–Crippen LogP) is 1.72. The maximum absolute atomic E-state index is 11.9. The highest BCUT2D eigenvalue weighted by Crippen LogP contribution is 2.09. The number of hydrogen-bond donors (Lipinski definition) is 3. The van der Waals surface area contributed by atoms with E-state index in [-0.39, 0.29) is 11.9 Å². The van der Waals surface area contributed by atoms with Crippen LogP contribution in [0.3, 0.4) is 0 Å². The molecule has 0 bridgehead atoms. The Bertz CT molecular complexity index is 502. The number of urea groups is 1. The second-order valence-corrected chi connectivity index (χ2v) is 5.29. The van der Waals surface area contributed by atoms with E-state index in [9.17, 15) is 9.59 Å². The zero-order chi connectivity index (χ0) is 15.1. The van der Waals surface area contributed by atoms with Crippen LogP contribution in [0.1, 0.15) is 37.3 Å². The number of amides is 3. The first-order valence-corrected chi connectivity index (χ1v) is 7.59. The minimum absolute atomic E-state index is 0.0865. The fraction of sp³-hybridized carbons (Fsp3) is 0.500. The van der Waals surface area contributed by atoms with Crippen LogP contribution in [0, 0.1) is 0 Å². The van der Waals surface area contributed by atoms with Crippen LogP contribution in [-0.2, 0) is 17.8 Å². The molecule has 1 fully saturated rings. The predicted molar refractivity (Wildman–Crippen MR) is 81.8 cm³/mol. The molecular formula is C16H23N3O2. The first kappa shape index (κ1) is 15.4. The molecule has 2 rings (SSSR count). The number of aryl methyl sites for hydroxylation is 1. The molecule has 0 aromatic heterocycles. The third-order valence-corrected chi connectivity index (χ3v) is 3.78. The standard InChI is InChI=1S/C16H23N3O2/c1-2-12-7-3-4-8-13(12)11-18-16(21)19-14-9-5-6-10-17-15(14)20/h3-4,7-8,14H,2,5-6,9-11H2,1H3,(H,17,20)(H2,18,19,21). The number of carbonyl (C=O) groups is 2. The molecule has 0 saturated carbocycles. The van der Waals surface area contributed by atoms with Gasteiger partial charge in [0, 0.05) is 13.1 Å². The monoisotopic (exact) mass is 289 g/mol. The van der Waals surface area contributed by atoms with E-state index in [1.54, 1.807) is 0 Å². The Morgan fingerprint density at radius 3 is 2.81 bits per heavy atom. The third kappa shape index (κ3) is 4.48. The van der Waals surface area contributed by atoms with E-state index in [4.69, 9.17) is 0 Å². The molecule has 5 nitrogen and oxygen atoms in total. The van der Waals surface area contributed by atoms with Gasteiger partial charge < -0.3 is 16.0 Å². The molecule has 114 valence electrons. The first-order chi connectivity index (χ1) is 10.2. The van der Waals surface area contributed by atoms with Gasteiger partial charge in [-0.2, -0.15) is 0 Å². The summed E-state index contributed by atoms with van der Waals surface area (Å²) < 4.78 is 0. The minimum atomic E-state index is -0.422. The van der Waals surface area contributed by atoms with Crippen LogP contribution < -0.4 is 16.0 Å². The summed E-state index contributed by atoms with van der Waals surface area (Å²) in [5.74, 6) is -0.0865. The van der Waals surface area contributed by atoms with Crippen LogP contribution in [0.2, 0.25) is 0 Å². The van der Waals surface area contributed by atoms with Crippen LogP contribution in [0.4, 0.5) is 4.79 Å². The Morgan fingerprint density at radius 1 is 1.29 bits per heavy atom. The van der Waals surface area contributed by atoms with Gasteiger partial charge in [0.2, 0.25) is 5.91 Å². The largest absolute Gasteiger partial charge is 0.354 e. The molecule has 0 spiro atoms. The fourth-order valence-electron chi connectivity index (χ4n) is 2.54. The number of nitrogens with one attached hydrogen (secondary N) is 3. The van der Waals surface area contributed by atoms with Crippen molar-refractivity contribution in [3.63, 3.8) is 0 Å². The number of carbonyl (C=O) groups excluding carboxylic acids is 2. The maximum Gasteiger partial charge on any atom is 0.315 e. The Morgan fingerprint density at radius 2 is 2.05 bits per heavy atom. The lowest BCUT2D eigenvalue weighted by atomic mass is 10.1. The van der Waals surface area contributed by atoms with Gasteiger partial charge in [0.15, 0.2) is 0 Å². The van der Waals surface area contributed by atoms with Crippen LogP contribution >= 0.6 is 0 Å². The normalized spacial score (nSPS) is 18.5. The lowest BCUT2D eigenvalue weighted by Crippen LogP contribution is -2.48. The number of benzene rings is 1. The average molecular weight is 289 g/mol. The Hall–Kier alpha value is -2.04. The van der Waals surface area contributed by atoms with E-state index in [1.807, 2.05) is 18.2 Å². The van der Waals surface area contributed by atoms with Crippen molar-refractivity contribution in [3.05, 3.63) is 35.4 Å². The lowest BCUT2D eigenvalue weighted by molar-refractivity contribution is -0.122. The van der Waals surface area contributed by atoms with Gasteiger partial charge in [0.1, 0.15) is 6.04 Å². The smallest absolute Gasteiger partial charge is 0.315 e. The molecule has 5 heteroatoms. The van der Waals surface area contributed by atoms with Gasteiger partial charge in [-0.1, -0.05) is 31.2 Å². The van der Waals surface area contributed by atoms with Crippen molar-refractivity contribution >= 4 is 11.9 Å².